The summed E-state index contributed by atoms with van der Waals surface area (Å²) in [6.45, 7) is 4.77. The van der Waals surface area contributed by atoms with Gasteiger partial charge in [-0.25, -0.2) is 0 Å². The lowest BCUT2D eigenvalue weighted by Gasteiger charge is -2.24. The Morgan fingerprint density at radius 3 is 2.94 bits per heavy atom. The van der Waals surface area contributed by atoms with Crippen LogP contribution in [0.15, 0.2) is 12.3 Å². The Morgan fingerprint density at radius 1 is 1.61 bits per heavy atom. The Labute approximate surface area is 112 Å². The van der Waals surface area contributed by atoms with Gasteiger partial charge in [-0.05, 0) is 32.8 Å². The number of hydrogen-bond acceptors (Lipinski definition) is 2. The van der Waals surface area contributed by atoms with Crippen molar-refractivity contribution >= 4 is 17.5 Å². The number of aliphatic hydroxyl groups excluding tert-OH is 1. The molecule has 2 rings (SSSR count). The molecular weight excluding hydrogens is 252 g/mol. The third-order valence-corrected chi connectivity index (χ3v) is 3.65. The molecule has 1 fully saturated rings. The molecule has 1 aromatic heterocycles. The van der Waals surface area contributed by atoms with E-state index in [-0.39, 0.29) is 24.6 Å². The molecule has 0 bridgehead atoms. The van der Waals surface area contributed by atoms with Gasteiger partial charge in [-0.15, -0.1) is 0 Å². The summed E-state index contributed by atoms with van der Waals surface area (Å²) >= 11 is 5.99. The summed E-state index contributed by atoms with van der Waals surface area (Å²) in [6, 6.07) is 1.84. The maximum absolute atomic E-state index is 12.5. The fourth-order valence-corrected chi connectivity index (χ4v) is 2.69. The Bertz CT molecular complexity index is 442. The molecule has 0 aliphatic carbocycles. The molecule has 4 nitrogen and oxygen atoms in total. The van der Waals surface area contributed by atoms with Crippen LogP contribution >= 0.6 is 11.6 Å². The van der Waals surface area contributed by atoms with E-state index >= 15 is 0 Å². The van der Waals surface area contributed by atoms with E-state index in [2.05, 4.69) is 0 Å². The Morgan fingerprint density at radius 2 is 2.33 bits per heavy atom. The molecule has 1 aliphatic rings. The standard InChI is InChI=1S/C13H19ClN2O2/c1-9(2)16-7-10(14)6-12(16)13(18)15-5-3-4-11(15)8-17/h6-7,9,11,17H,3-5,8H2,1-2H3/t11-/m1/s1. The van der Waals surface area contributed by atoms with Crippen LogP contribution in [-0.4, -0.2) is 39.7 Å². The molecule has 100 valence electrons. The van der Waals surface area contributed by atoms with Crippen LogP contribution in [0.4, 0.5) is 0 Å². The number of carbonyl (C=O) groups excluding carboxylic acids is 1. The van der Waals surface area contributed by atoms with Gasteiger partial charge in [0.05, 0.1) is 17.7 Å². The lowest BCUT2D eigenvalue weighted by atomic mass is 10.2. The summed E-state index contributed by atoms with van der Waals surface area (Å²) in [5.74, 6) is -0.0350. The average molecular weight is 271 g/mol. The zero-order valence-corrected chi connectivity index (χ0v) is 11.5. The van der Waals surface area contributed by atoms with Crippen molar-refractivity contribution < 1.29 is 9.90 Å². The van der Waals surface area contributed by atoms with E-state index in [1.165, 1.54) is 0 Å². The average Bonchev–Trinajstić information content (AvgIpc) is 2.93. The van der Waals surface area contributed by atoms with Gasteiger partial charge >= 0.3 is 0 Å². The van der Waals surface area contributed by atoms with Crippen LogP contribution in [-0.2, 0) is 0 Å². The van der Waals surface area contributed by atoms with Crippen LogP contribution in [0.1, 0.15) is 43.2 Å². The van der Waals surface area contributed by atoms with Gasteiger partial charge in [0, 0.05) is 18.8 Å². The number of rotatable bonds is 3. The van der Waals surface area contributed by atoms with Crippen molar-refractivity contribution in [3.8, 4) is 0 Å². The quantitative estimate of drug-likeness (QED) is 0.916. The van der Waals surface area contributed by atoms with Gasteiger partial charge in [0.15, 0.2) is 0 Å². The molecule has 1 atom stereocenters. The SMILES string of the molecule is CC(C)n1cc(Cl)cc1C(=O)N1CCC[C@@H]1CO. The summed E-state index contributed by atoms with van der Waals surface area (Å²) in [6.07, 6.45) is 3.61. The lowest BCUT2D eigenvalue weighted by Crippen LogP contribution is -2.38. The second kappa shape index (κ2) is 5.33. The normalized spacial score (nSPS) is 19.8. The number of halogens is 1. The zero-order valence-electron chi connectivity index (χ0n) is 10.8. The summed E-state index contributed by atoms with van der Waals surface area (Å²) in [5, 5.41) is 9.86. The first-order valence-electron chi connectivity index (χ1n) is 6.33. The Kier molecular flexibility index (Phi) is 3.97. The van der Waals surface area contributed by atoms with Crippen molar-refractivity contribution in [2.75, 3.05) is 13.2 Å². The molecule has 1 aliphatic heterocycles. The monoisotopic (exact) mass is 270 g/mol. The van der Waals surface area contributed by atoms with Crippen molar-refractivity contribution in [3.05, 3.63) is 23.0 Å². The molecular formula is C13H19ClN2O2. The lowest BCUT2D eigenvalue weighted by molar-refractivity contribution is 0.0665. The first-order valence-corrected chi connectivity index (χ1v) is 6.71. The fraction of sp³-hybridized carbons (Fsp3) is 0.615. The molecule has 1 amide bonds. The van der Waals surface area contributed by atoms with Crippen molar-refractivity contribution in [2.45, 2.75) is 38.8 Å². The van der Waals surface area contributed by atoms with Gasteiger partial charge in [0.1, 0.15) is 5.69 Å². The number of aliphatic hydroxyl groups is 1. The number of likely N-dealkylation sites (tertiary alicyclic amines) is 1. The summed E-state index contributed by atoms with van der Waals surface area (Å²) < 4.78 is 1.89. The summed E-state index contributed by atoms with van der Waals surface area (Å²) in [4.78, 5) is 14.2. The molecule has 5 heteroatoms. The van der Waals surface area contributed by atoms with Crippen molar-refractivity contribution in [3.63, 3.8) is 0 Å². The topological polar surface area (TPSA) is 45.5 Å². The number of amides is 1. The second-order valence-electron chi connectivity index (χ2n) is 5.02. The van der Waals surface area contributed by atoms with Crippen LogP contribution in [0.2, 0.25) is 5.02 Å². The van der Waals surface area contributed by atoms with Crippen molar-refractivity contribution in [2.24, 2.45) is 0 Å². The van der Waals surface area contributed by atoms with E-state index in [0.29, 0.717) is 17.3 Å². The predicted molar refractivity (Wildman–Crippen MR) is 71.0 cm³/mol. The number of nitrogens with zero attached hydrogens (tertiary/aromatic N) is 2. The van der Waals surface area contributed by atoms with Crippen LogP contribution in [0.3, 0.4) is 0 Å². The molecule has 0 saturated carbocycles. The van der Waals surface area contributed by atoms with E-state index < -0.39 is 0 Å². The van der Waals surface area contributed by atoms with E-state index in [1.54, 1.807) is 17.2 Å². The van der Waals surface area contributed by atoms with Gasteiger partial charge in [0.25, 0.3) is 5.91 Å². The second-order valence-corrected chi connectivity index (χ2v) is 5.46. The number of carbonyl (C=O) groups is 1. The van der Waals surface area contributed by atoms with Crippen LogP contribution < -0.4 is 0 Å². The fourth-order valence-electron chi connectivity index (χ4n) is 2.48. The number of hydrogen-bond donors (Lipinski definition) is 1. The minimum atomic E-state index is -0.0493. The van der Waals surface area contributed by atoms with Gasteiger partial charge < -0.3 is 14.6 Å². The Balaban J connectivity index is 2.28. The highest BCUT2D eigenvalue weighted by Crippen LogP contribution is 2.24. The van der Waals surface area contributed by atoms with E-state index in [1.807, 2.05) is 18.4 Å². The molecule has 2 heterocycles. The van der Waals surface area contributed by atoms with Crippen LogP contribution in [0.25, 0.3) is 0 Å². The maximum Gasteiger partial charge on any atom is 0.270 e. The largest absolute Gasteiger partial charge is 0.394 e. The summed E-state index contributed by atoms with van der Waals surface area (Å²) in [5.41, 5.74) is 0.607. The predicted octanol–water partition coefficient (Wildman–Crippen LogP) is 2.32. The molecule has 0 aromatic carbocycles. The van der Waals surface area contributed by atoms with Gasteiger partial charge in [-0.3, -0.25) is 4.79 Å². The minimum absolute atomic E-state index is 0.0296. The smallest absolute Gasteiger partial charge is 0.270 e. The van der Waals surface area contributed by atoms with Gasteiger partial charge in [-0.2, -0.15) is 0 Å². The zero-order chi connectivity index (χ0) is 13.3. The van der Waals surface area contributed by atoms with Gasteiger partial charge in [-0.1, -0.05) is 11.6 Å². The van der Waals surface area contributed by atoms with E-state index in [9.17, 15) is 9.90 Å². The summed E-state index contributed by atoms with van der Waals surface area (Å²) in [7, 11) is 0. The van der Waals surface area contributed by atoms with E-state index in [4.69, 9.17) is 11.6 Å². The highest BCUT2D eigenvalue weighted by molar-refractivity contribution is 6.31. The Hall–Kier alpha value is -1.00. The highest BCUT2D eigenvalue weighted by Gasteiger charge is 2.30. The molecule has 1 N–H and O–H groups in total. The highest BCUT2D eigenvalue weighted by atomic mass is 35.5. The molecule has 0 unspecified atom stereocenters. The van der Waals surface area contributed by atoms with Gasteiger partial charge in [0.2, 0.25) is 0 Å². The molecule has 1 aromatic rings. The molecule has 1 saturated heterocycles. The first kappa shape index (κ1) is 13.4. The third kappa shape index (κ3) is 2.40. The molecule has 18 heavy (non-hydrogen) atoms. The first-order chi connectivity index (χ1) is 8.54. The third-order valence-electron chi connectivity index (χ3n) is 3.44. The van der Waals surface area contributed by atoms with E-state index in [0.717, 1.165) is 12.8 Å². The van der Waals surface area contributed by atoms with Crippen molar-refractivity contribution in [1.29, 1.82) is 0 Å². The molecule has 0 radical (unpaired) electrons. The minimum Gasteiger partial charge on any atom is -0.394 e. The maximum atomic E-state index is 12.5. The molecule has 0 spiro atoms. The van der Waals surface area contributed by atoms with Crippen LogP contribution in [0.5, 0.6) is 0 Å². The number of aromatic nitrogens is 1. The van der Waals surface area contributed by atoms with Crippen molar-refractivity contribution in [1.82, 2.24) is 9.47 Å². The van der Waals surface area contributed by atoms with Crippen LogP contribution in [0, 0.1) is 0 Å².